The molecule has 0 saturated heterocycles. The quantitative estimate of drug-likeness (QED) is 0.853. The summed E-state index contributed by atoms with van der Waals surface area (Å²) in [5.74, 6) is 0.849. The number of rotatable bonds is 2. The standard InChI is InChI=1S/C17H21NO.ClH/c18-17(13-7-2-1-3-8-13)16-14-9-5-4-6-12(14)10-11-15(16)19;/h4-6,9-11,13,17,19H,1-3,7-8,18H2;1H/t17-;/m0./s1. The molecule has 1 aliphatic carbocycles. The van der Waals surface area contributed by atoms with E-state index in [1.165, 1.54) is 32.1 Å². The van der Waals surface area contributed by atoms with Gasteiger partial charge >= 0.3 is 0 Å². The van der Waals surface area contributed by atoms with Crippen molar-refractivity contribution in [3.8, 4) is 5.75 Å². The maximum Gasteiger partial charge on any atom is 0.120 e. The van der Waals surface area contributed by atoms with Crippen molar-refractivity contribution in [2.75, 3.05) is 0 Å². The van der Waals surface area contributed by atoms with E-state index in [0.29, 0.717) is 11.7 Å². The van der Waals surface area contributed by atoms with Crippen LogP contribution in [0, 0.1) is 5.92 Å². The Bertz CT molecular complexity index is 578. The summed E-state index contributed by atoms with van der Waals surface area (Å²) < 4.78 is 0. The minimum absolute atomic E-state index is 0. The Labute approximate surface area is 126 Å². The smallest absolute Gasteiger partial charge is 0.120 e. The van der Waals surface area contributed by atoms with Crippen LogP contribution >= 0.6 is 12.4 Å². The molecular formula is C17H22ClNO. The molecule has 0 spiro atoms. The fraction of sp³-hybridized carbons (Fsp3) is 0.412. The number of aromatic hydroxyl groups is 1. The van der Waals surface area contributed by atoms with Crippen LogP contribution in [0.15, 0.2) is 36.4 Å². The molecule has 3 N–H and O–H groups in total. The molecule has 1 saturated carbocycles. The normalized spacial score (nSPS) is 17.6. The predicted octanol–water partition coefficient (Wildman–Crippen LogP) is 4.55. The van der Waals surface area contributed by atoms with Gasteiger partial charge in [-0.2, -0.15) is 0 Å². The van der Waals surface area contributed by atoms with Crippen LogP contribution in [0.25, 0.3) is 10.8 Å². The number of benzene rings is 2. The Balaban J connectivity index is 0.00000147. The van der Waals surface area contributed by atoms with Crippen molar-refractivity contribution in [1.82, 2.24) is 0 Å². The second-order valence-corrected chi connectivity index (χ2v) is 5.64. The van der Waals surface area contributed by atoms with E-state index in [1.54, 1.807) is 6.07 Å². The lowest BCUT2D eigenvalue weighted by Gasteiger charge is -2.29. The summed E-state index contributed by atoms with van der Waals surface area (Å²) in [5, 5.41) is 12.5. The highest BCUT2D eigenvalue weighted by molar-refractivity contribution is 5.88. The average Bonchev–Trinajstić information content (AvgIpc) is 2.47. The van der Waals surface area contributed by atoms with Crippen LogP contribution in [0.4, 0.5) is 0 Å². The zero-order valence-corrected chi connectivity index (χ0v) is 12.4. The lowest BCUT2D eigenvalue weighted by atomic mass is 9.80. The van der Waals surface area contributed by atoms with Crippen LogP contribution in [-0.2, 0) is 0 Å². The number of halogens is 1. The number of phenols is 1. The van der Waals surface area contributed by atoms with Gasteiger partial charge in [-0.15, -0.1) is 12.4 Å². The van der Waals surface area contributed by atoms with Crippen LogP contribution in [-0.4, -0.2) is 5.11 Å². The van der Waals surface area contributed by atoms with E-state index in [2.05, 4.69) is 12.1 Å². The van der Waals surface area contributed by atoms with Gasteiger partial charge < -0.3 is 10.8 Å². The lowest BCUT2D eigenvalue weighted by Crippen LogP contribution is -2.23. The maximum absolute atomic E-state index is 10.2. The van der Waals surface area contributed by atoms with E-state index in [9.17, 15) is 5.11 Å². The SMILES string of the molecule is Cl.N[C@H](c1c(O)ccc2ccccc12)C1CCCCC1. The largest absolute Gasteiger partial charge is 0.508 e. The van der Waals surface area contributed by atoms with Crippen molar-refractivity contribution in [2.45, 2.75) is 38.1 Å². The monoisotopic (exact) mass is 291 g/mol. The van der Waals surface area contributed by atoms with Crippen molar-refractivity contribution in [2.24, 2.45) is 11.7 Å². The summed E-state index contributed by atoms with van der Waals surface area (Å²) in [6.45, 7) is 0. The van der Waals surface area contributed by atoms with Gasteiger partial charge in [-0.1, -0.05) is 49.6 Å². The fourth-order valence-corrected chi connectivity index (χ4v) is 3.36. The molecule has 2 aromatic carbocycles. The summed E-state index contributed by atoms with van der Waals surface area (Å²) in [7, 11) is 0. The van der Waals surface area contributed by atoms with Crippen molar-refractivity contribution in [3.05, 3.63) is 42.0 Å². The van der Waals surface area contributed by atoms with Gasteiger partial charge in [0.05, 0.1) is 0 Å². The summed E-state index contributed by atoms with van der Waals surface area (Å²) in [6, 6.07) is 11.9. The second-order valence-electron chi connectivity index (χ2n) is 5.64. The van der Waals surface area contributed by atoms with Crippen LogP contribution in [0.1, 0.15) is 43.7 Å². The topological polar surface area (TPSA) is 46.2 Å². The molecule has 0 amide bonds. The maximum atomic E-state index is 10.2. The molecule has 1 atom stereocenters. The average molecular weight is 292 g/mol. The van der Waals surface area contributed by atoms with Crippen LogP contribution in [0.3, 0.4) is 0 Å². The summed E-state index contributed by atoms with van der Waals surface area (Å²) in [6.07, 6.45) is 6.23. The van der Waals surface area contributed by atoms with Gasteiger partial charge in [0.25, 0.3) is 0 Å². The van der Waals surface area contributed by atoms with Gasteiger partial charge in [-0.05, 0) is 35.6 Å². The molecule has 3 heteroatoms. The van der Waals surface area contributed by atoms with Gasteiger partial charge in [-0.25, -0.2) is 0 Å². The Kier molecular flexibility index (Phi) is 4.90. The van der Waals surface area contributed by atoms with E-state index in [-0.39, 0.29) is 18.4 Å². The summed E-state index contributed by atoms with van der Waals surface area (Å²) in [5.41, 5.74) is 7.41. The zero-order valence-electron chi connectivity index (χ0n) is 11.6. The first kappa shape index (κ1) is 15.1. The summed E-state index contributed by atoms with van der Waals surface area (Å²) >= 11 is 0. The van der Waals surface area contributed by atoms with Gasteiger partial charge in [0, 0.05) is 11.6 Å². The number of hydrogen-bond donors (Lipinski definition) is 2. The van der Waals surface area contributed by atoms with Crippen LogP contribution in [0.5, 0.6) is 5.75 Å². The van der Waals surface area contributed by atoms with Gasteiger partial charge in [0.1, 0.15) is 5.75 Å². The minimum Gasteiger partial charge on any atom is -0.508 e. The van der Waals surface area contributed by atoms with Crippen molar-refractivity contribution in [1.29, 1.82) is 0 Å². The third-order valence-corrected chi connectivity index (χ3v) is 4.44. The van der Waals surface area contributed by atoms with Crippen LogP contribution < -0.4 is 5.73 Å². The molecule has 0 bridgehead atoms. The highest BCUT2D eigenvalue weighted by Crippen LogP contribution is 2.39. The minimum atomic E-state index is -0.0496. The molecule has 3 rings (SSSR count). The first-order valence-corrected chi connectivity index (χ1v) is 7.23. The predicted molar refractivity (Wildman–Crippen MR) is 86.4 cm³/mol. The van der Waals surface area contributed by atoms with Crippen molar-refractivity contribution >= 4 is 23.2 Å². The molecule has 20 heavy (non-hydrogen) atoms. The molecule has 0 aliphatic heterocycles. The molecule has 0 aromatic heterocycles. The Morgan fingerprint density at radius 2 is 1.70 bits per heavy atom. The van der Waals surface area contributed by atoms with Crippen molar-refractivity contribution in [3.63, 3.8) is 0 Å². The highest BCUT2D eigenvalue weighted by Gasteiger charge is 2.25. The van der Waals surface area contributed by atoms with E-state index in [0.717, 1.165) is 16.3 Å². The first-order valence-electron chi connectivity index (χ1n) is 7.23. The van der Waals surface area contributed by atoms with E-state index >= 15 is 0 Å². The molecular weight excluding hydrogens is 270 g/mol. The lowest BCUT2D eigenvalue weighted by molar-refractivity contribution is 0.304. The summed E-state index contributed by atoms with van der Waals surface area (Å²) in [4.78, 5) is 0. The van der Waals surface area contributed by atoms with Gasteiger partial charge in [0.15, 0.2) is 0 Å². The number of phenolic OH excluding ortho intramolecular Hbond substituents is 1. The Morgan fingerprint density at radius 3 is 2.45 bits per heavy atom. The molecule has 2 nitrogen and oxygen atoms in total. The van der Waals surface area contributed by atoms with E-state index in [1.807, 2.05) is 18.2 Å². The third-order valence-electron chi connectivity index (χ3n) is 4.44. The molecule has 108 valence electrons. The molecule has 1 aliphatic rings. The number of fused-ring (bicyclic) bond motifs is 1. The van der Waals surface area contributed by atoms with Crippen molar-refractivity contribution < 1.29 is 5.11 Å². The molecule has 0 heterocycles. The Morgan fingerprint density at radius 1 is 1.00 bits per heavy atom. The number of nitrogens with two attached hydrogens (primary N) is 1. The van der Waals surface area contributed by atoms with Gasteiger partial charge in [0.2, 0.25) is 0 Å². The zero-order chi connectivity index (χ0) is 13.2. The van der Waals surface area contributed by atoms with E-state index < -0.39 is 0 Å². The Hall–Kier alpha value is -1.25. The highest BCUT2D eigenvalue weighted by atomic mass is 35.5. The molecule has 1 fully saturated rings. The molecule has 0 unspecified atom stereocenters. The number of hydrogen-bond acceptors (Lipinski definition) is 2. The second kappa shape index (κ2) is 6.47. The molecule has 2 aromatic rings. The van der Waals surface area contributed by atoms with E-state index in [4.69, 9.17) is 5.73 Å². The first-order chi connectivity index (χ1) is 9.27. The van der Waals surface area contributed by atoms with Gasteiger partial charge in [-0.3, -0.25) is 0 Å². The molecule has 0 radical (unpaired) electrons. The fourth-order valence-electron chi connectivity index (χ4n) is 3.36. The van der Waals surface area contributed by atoms with Crippen LogP contribution in [0.2, 0.25) is 0 Å². The third kappa shape index (κ3) is 2.77.